The minimum Gasteiger partial charge on any atom is -0.497 e. The van der Waals surface area contributed by atoms with Crippen LogP contribution in [-0.2, 0) is 4.79 Å². The number of nitrogens with one attached hydrogen (secondary N) is 1. The fraction of sp³-hybridized carbons (Fsp3) is 0.364. The van der Waals surface area contributed by atoms with Gasteiger partial charge in [0, 0.05) is 18.2 Å². The molecule has 1 aliphatic heterocycles. The highest BCUT2D eigenvalue weighted by Gasteiger charge is 2.30. The van der Waals surface area contributed by atoms with Gasteiger partial charge in [0.05, 0.1) is 33.9 Å². The number of nitrogens with zero attached hydrogens (tertiary/aromatic N) is 1. The van der Waals surface area contributed by atoms with Gasteiger partial charge in [-0.1, -0.05) is 12.1 Å². The average Bonchev–Trinajstić information content (AvgIpc) is 3.26. The summed E-state index contributed by atoms with van der Waals surface area (Å²) in [6, 6.07) is 12.7. The normalized spacial score (nSPS) is 15.7. The van der Waals surface area contributed by atoms with E-state index in [0.29, 0.717) is 23.6 Å². The van der Waals surface area contributed by atoms with Crippen molar-refractivity contribution in [2.75, 3.05) is 34.4 Å². The molecule has 1 fully saturated rings. The minimum absolute atomic E-state index is 0.0159. The summed E-state index contributed by atoms with van der Waals surface area (Å²) in [5.41, 5.74) is 1.45. The molecule has 0 aromatic heterocycles. The van der Waals surface area contributed by atoms with E-state index in [-0.39, 0.29) is 24.4 Å². The number of amides is 2. The lowest BCUT2D eigenvalue weighted by Gasteiger charge is -2.25. The number of carbonyl (C=O) groups excluding carboxylic acids is 2. The first-order valence-electron chi connectivity index (χ1n) is 9.50. The number of carbonyl (C=O) groups is 2. The van der Waals surface area contributed by atoms with Crippen molar-refractivity contribution in [3.63, 3.8) is 0 Å². The van der Waals surface area contributed by atoms with Crippen LogP contribution >= 0.6 is 0 Å². The number of rotatable bonds is 7. The van der Waals surface area contributed by atoms with Gasteiger partial charge in [-0.2, -0.15) is 0 Å². The van der Waals surface area contributed by atoms with Crippen LogP contribution in [0.5, 0.6) is 17.2 Å². The first-order chi connectivity index (χ1) is 14.0. The molecule has 1 atom stereocenters. The lowest BCUT2D eigenvalue weighted by molar-refractivity contribution is -0.131. The van der Waals surface area contributed by atoms with E-state index < -0.39 is 0 Å². The summed E-state index contributed by atoms with van der Waals surface area (Å²) in [7, 11) is 4.67. The van der Waals surface area contributed by atoms with Crippen LogP contribution in [0.1, 0.15) is 34.8 Å². The number of likely N-dealkylation sites (tertiary alicyclic amines) is 1. The van der Waals surface area contributed by atoms with Crippen molar-refractivity contribution in [1.82, 2.24) is 10.2 Å². The molecule has 7 heteroatoms. The highest BCUT2D eigenvalue weighted by molar-refractivity contribution is 5.97. The molecular formula is C22H26N2O5. The summed E-state index contributed by atoms with van der Waals surface area (Å²) in [4.78, 5) is 27.1. The molecule has 154 valence electrons. The van der Waals surface area contributed by atoms with Crippen LogP contribution in [0.4, 0.5) is 0 Å². The molecule has 29 heavy (non-hydrogen) atoms. The zero-order valence-corrected chi connectivity index (χ0v) is 16.9. The van der Waals surface area contributed by atoms with E-state index >= 15 is 0 Å². The third-order valence-corrected chi connectivity index (χ3v) is 5.09. The topological polar surface area (TPSA) is 77.1 Å². The number of hydrogen-bond donors (Lipinski definition) is 1. The Labute approximate surface area is 170 Å². The monoisotopic (exact) mass is 398 g/mol. The maximum Gasteiger partial charge on any atom is 0.251 e. The number of hydrogen-bond acceptors (Lipinski definition) is 5. The Morgan fingerprint density at radius 1 is 0.966 bits per heavy atom. The quantitative estimate of drug-likeness (QED) is 0.776. The Morgan fingerprint density at radius 2 is 1.59 bits per heavy atom. The average molecular weight is 398 g/mol. The number of benzene rings is 2. The van der Waals surface area contributed by atoms with Crippen molar-refractivity contribution in [3.8, 4) is 17.2 Å². The van der Waals surface area contributed by atoms with Crippen molar-refractivity contribution in [2.24, 2.45) is 0 Å². The first-order valence-corrected chi connectivity index (χ1v) is 9.50. The molecular weight excluding hydrogens is 372 g/mol. The highest BCUT2D eigenvalue weighted by atomic mass is 16.5. The molecule has 0 spiro atoms. The molecule has 1 saturated heterocycles. The molecule has 7 nitrogen and oxygen atoms in total. The van der Waals surface area contributed by atoms with Gasteiger partial charge in [-0.15, -0.1) is 0 Å². The molecule has 3 rings (SSSR count). The van der Waals surface area contributed by atoms with Crippen molar-refractivity contribution in [1.29, 1.82) is 0 Å². The summed E-state index contributed by atoms with van der Waals surface area (Å²) >= 11 is 0. The Morgan fingerprint density at radius 3 is 2.17 bits per heavy atom. The summed E-state index contributed by atoms with van der Waals surface area (Å²) in [6.45, 7) is 0.614. The van der Waals surface area contributed by atoms with E-state index in [1.807, 2.05) is 29.2 Å². The van der Waals surface area contributed by atoms with Gasteiger partial charge in [-0.3, -0.25) is 9.59 Å². The number of ether oxygens (including phenoxy) is 3. The van der Waals surface area contributed by atoms with Gasteiger partial charge in [0.1, 0.15) is 17.2 Å². The van der Waals surface area contributed by atoms with Crippen LogP contribution in [0.2, 0.25) is 0 Å². The van der Waals surface area contributed by atoms with Gasteiger partial charge in [-0.25, -0.2) is 0 Å². The molecule has 0 unspecified atom stereocenters. The van der Waals surface area contributed by atoms with E-state index in [4.69, 9.17) is 14.2 Å². The molecule has 2 aromatic rings. The lowest BCUT2D eigenvalue weighted by atomic mass is 10.0. The smallest absolute Gasteiger partial charge is 0.251 e. The van der Waals surface area contributed by atoms with E-state index in [1.54, 1.807) is 25.3 Å². The summed E-state index contributed by atoms with van der Waals surface area (Å²) < 4.78 is 15.6. The summed E-state index contributed by atoms with van der Waals surface area (Å²) in [6.07, 6.45) is 1.84. The van der Waals surface area contributed by atoms with Gasteiger partial charge < -0.3 is 24.4 Å². The lowest BCUT2D eigenvalue weighted by Crippen LogP contribution is -2.39. The van der Waals surface area contributed by atoms with E-state index in [2.05, 4.69) is 5.32 Å². The third kappa shape index (κ3) is 4.80. The van der Waals surface area contributed by atoms with E-state index in [0.717, 1.165) is 24.2 Å². The zero-order valence-electron chi connectivity index (χ0n) is 16.9. The fourth-order valence-corrected chi connectivity index (χ4v) is 3.54. The standard InChI is InChI=1S/C22H26N2O5/c1-27-17-8-6-15(7-9-17)20-5-4-10-24(20)21(25)14-23-22(26)16-11-18(28-2)13-19(12-16)29-3/h6-9,11-13,20H,4-5,10,14H2,1-3H3,(H,23,26)/t20-/m0/s1. The van der Waals surface area contributed by atoms with Gasteiger partial charge in [0.15, 0.2) is 0 Å². The first kappa shape index (κ1) is 20.5. The van der Waals surface area contributed by atoms with Crippen molar-refractivity contribution in [3.05, 3.63) is 53.6 Å². The fourth-order valence-electron chi connectivity index (χ4n) is 3.54. The number of methoxy groups -OCH3 is 3. The Balaban J connectivity index is 1.64. The van der Waals surface area contributed by atoms with Crippen LogP contribution in [0.3, 0.4) is 0 Å². The summed E-state index contributed by atoms with van der Waals surface area (Å²) in [5, 5.41) is 2.71. The molecule has 0 saturated carbocycles. The van der Waals surface area contributed by atoms with Crippen LogP contribution in [0.25, 0.3) is 0 Å². The molecule has 2 amide bonds. The molecule has 1 N–H and O–H groups in total. The van der Waals surface area contributed by atoms with Crippen LogP contribution in [0, 0.1) is 0 Å². The van der Waals surface area contributed by atoms with Crippen molar-refractivity contribution < 1.29 is 23.8 Å². The van der Waals surface area contributed by atoms with Gasteiger partial charge in [0.2, 0.25) is 5.91 Å². The molecule has 1 aliphatic rings. The second-order valence-electron chi connectivity index (χ2n) is 6.80. The van der Waals surface area contributed by atoms with Gasteiger partial charge in [-0.05, 0) is 42.7 Å². The predicted molar refractivity (Wildman–Crippen MR) is 109 cm³/mol. The van der Waals surface area contributed by atoms with Gasteiger partial charge >= 0.3 is 0 Å². The second-order valence-corrected chi connectivity index (χ2v) is 6.80. The maximum atomic E-state index is 12.8. The molecule has 0 radical (unpaired) electrons. The van der Waals surface area contributed by atoms with Crippen LogP contribution in [-0.4, -0.2) is 51.1 Å². The molecule has 2 aromatic carbocycles. The predicted octanol–water partition coefficient (Wildman–Crippen LogP) is 2.81. The van der Waals surface area contributed by atoms with Crippen molar-refractivity contribution >= 4 is 11.8 Å². The molecule has 0 bridgehead atoms. The second kappa shape index (κ2) is 9.32. The highest BCUT2D eigenvalue weighted by Crippen LogP contribution is 2.32. The van der Waals surface area contributed by atoms with Crippen LogP contribution < -0.4 is 19.5 Å². The maximum absolute atomic E-state index is 12.8. The SMILES string of the molecule is COc1ccc([C@@H]2CCCN2C(=O)CNC(=O)c2cc(OC)cc(OC)c2)cc1. The molecule has 1 heterocycles. The van der Waals surface area contributed by atoms with Crippen molar-refractivity contribution in [2.45, 2.75) is 18.9 Å². The Kier molecular flexibility index (Phi) is 6.59. The minimum atomic E-state index is -0.351. The van der Waals surface area contributed by atoms with Gasteiger partial charge in [0.25, 0.3) is 5.91 Å². The third-order valence-electron chi connectivity index (χ3n) is 5.09. The summed E-state index contributed by atoms with van der Waals surface area (Å²) in [5.74, 6) is 1.35. The Hall–Kier alpha value is -3.22. The van der Waals surface area contributed by atoms with Crippen LogP contribution in [0.15, 0.2) is 42.5 Å². The largest absolute Gasteiger partial charge is 0.497 e. The zero-order chi connectivity index (χ0) is 20.8. The molecule has 0 aliphatic carbocycles. The van der Waals surface area contributed by atoms with E-state index in [9.17, 15) is 9.59 Å². The Bertz CT molecular complexity index is 844. The van der Waals surface area contributed by atoms with E-state index in [1.165, 1.54) is 14.2 Å².